The second-order valence-electron chi connectivity index (χ2n) is 4.53. The average Bonchev–Trinajstić information content (AvgIpc) is 2.38. The van der Waals surface area contributed by atoms with E-state index < -0.39 is 0 Å². The molecule has 0 aromatic heterocycles. The highest BCUT2D eigenvalue weighted by molar-refractivity contribution is 6.31. The van der Waals surface area contributed by atoms with Crippen LogP contribution in [0.1, 0.15) is 25.3 Å². The van der Waals surface area contributed by atoms with Crippen LogP contribution in [0.4, 0.5) is 4.39 Å². The maximum Gasteiger partial charge on any atom is 0.142 e. The molecule has 0 spiro atoms. The standard InChI is InChI=1S/C14H21ClFNO/c1-10(18-3)7-8-12(17-2)9-11-5-4-6-13(16)14(11)15/h4-6,10,12,17H,7-9H2,1-3H3. The van der Waals surface area contributed by atoms with Crippen LogP contribution >= 0.6 is 11.6 Å². The minimum absolute atomic E-state index is 0.234. The highest BCUT2D eigenvalue weighted by Gasteiger charge is 2.13. The van der Waals surface area contributed by atoms with Crippen molar-refractivity contribution in [1.29, 1.82) is 0 Å². The molecule has 0 heterocycles. The summed E-state index contributed by atoms with van der Waals surface area (Å²) in [7, 11) is 3.62. The Balaban J connectivity index is 2.59. The third-order valence-electron chi connectivity index (χ3n) is 3.23. The van der Waals surface area contributed by atoms with Gasteiger partial charge in [-0.05, 0) is 44.9 Å². The van der Waals surface area contributed by atoms with E-state index in [4.69, 9.17) is 16.3 Å². The predicted molar refractivity (Wildman–Crippen MR) is 73.7 cm³/mol. The molecule has 0 saturated carbocycles. The van der Waals surface area contributed by atoms with Gasteiger partial charge in [-0.2, -0.15) is 0 Å². The summed E-state index contributed by atoms with van der Waals surface area (Å²) in [6.45, 7) is 2.04. The number of methoxy groups -OCH3 is 1. The number of hydrogen-bond donors (Lipinski definition) is 1. The maximum absolute atomic E-state index is 13.3. The van der Waals surface area contributed by atoms with Crippen LogP contribution in [-0.4, -0.2) is 26.3 Å². The molecule has 18 heavy (non-hydrogen) atoms. The molecular weight excluding hydrogens is 253 g/mol. The van der Waals surface area contributed by atoms with Gasteiger partial charge in [0.1, 0.15) is 5.82 Å². The van der Waals surface area contributed by atoms with Crippen LogP contribution in [0.3, 0.4) is 0 Å². The molecule has 102 valence electrons. The summed E-state index contributed by atoms with van der Waals surface area (Å²) in [6, 6.07) is 5.23. The van der Waals surface area contributed by atoms with Gasteiger partial charge in [-0.25, -0.2) is 4.39 Å². The van der Waals surface area contributed by atoms with Crippen molar-refractivity contribution in [3.8, 4) is 0 Å². The molecule has 1 N–H and O–H groups in total. The van der Waals surface area contributed by atoms with Crippen molar-refractivity contribution in [1.82, 2.24) is 5.32 Å². The minimum atomic E-state index is -0.353. The van der Waals surface area contributed by atoms with Crippen LogP contribution in [0.25, 0.3) is 0 Å². The second kappa shape index (κ2) is 7.72. The highest BCUT2D eigenvalue weighted by atomic mass is 35.5. The molecule has 0 saturated heterocycles. The zero-order chi connectivity index (χ0) is 13.5. The molecule has 4 heteroatoms. The lowest BCUT2D eigenvalue weighted by atomic mass is 10.0. The fraction of sp³-hybridized carbons (Fsp3) is 0.571. The summed E-state index contributed by atoms with van der Waals surface area (Å²) in [4.78, 5) is 0. The van der Waals surface area contributed by atoms with Crippen molar-refractivity contribution in [3.05, 3.63) is 34.6 Å². The van der Waals surface area contributed by atoms with Crippen LogP contribution in [0.2, 0.25) is 5.02 Å². The number of hydrogen-bond acceptors (Lipinski definition) is 2. The first-order chi connectivity index (χ1) is 8.58. The van der Waals surface area contributed by atoms with Crippen molar-refractivity contribution >= 4 is 11.6 Å². The third kappa shape index (κ3) is 4.56. The lowest BCUT2D eigenvalue weighted by molar-refractivity contribution is 0.106. The molecule has 0 aliphatic rings. The number of ether oxygens (including phenoxy) is 1. The van der Waals surface area contributed by atoms with Gasteiger partial charge in [-0.15, -0.1) is 0 Å². The van der Waals surface area contributed by atoms with E-state index in [-0.39, 0.29) is 23.0 Å². The highest BCUT2D eigenvalue weighted by Crippen LogP contribution is 2.22. The molecule has 0 aliphatic heterocycles. The van der Waals surface area contributed by atoms with E-state index in [0.29, 0.717) is 0 Å². The lowest BCUT2D eigenvalue weighted by Crippen LogP contribution is -2.29. The number of halogens is 2. The summed E-state index contributed by atoms with van der Waals surface area (Å²) in [5.41, 5.74) is 0.848. The maximum atomic E-state index is 13.3. The van der Waals surface area contributed by atoms with Gasteiger partial charge in [0.25, 0.3) is 0 Å². The molecule has 2 unspecified atom stereocenters. The van der Waals surface area contributed by atoms with E-state index in [9.17, 15) is 4.39 Å². The van der Waals surface area contributed by atoms with Gasteiger partial charge in [0.2, 0.25) is 0 Å². The molecule has 0 bridgehead atoms. The van der Waals surface area contributed by atoms with Crippen LogP contribution < -0.4 is 5.32 Å². The van der Waals surface area contributed by atoms with Crippen LogP contribution in [0.15, 0.2) is 18.2 Å². The molecule has 0 fully saturated rings. The monoisotopic (exact) mass is 273 g/mol. The lowest BCUT2D eigenvalue weighted by Gasteiger charge is -2.19. The largest absolute Gasteiger partial charge is 0.382 e. The van der Waals surface area contributed by atoms with Crippen molar-refractivity contribution in [3.63, 3.8) is 0 Å². The Kier molecular flexibility index (Phi) is 6.61. The molecule has 0 aliphatic carbocycles. The van der Waals surface area contributed by atoms with Crippen LogP contribution in [0.5, 0.6) is 0 Å². The normalized spacial score (nSPS) is 14.5. The van der Waals surface area contributed by atoms with Gasteiger partial charge in [0, 0.05) is 13.2 Å². The van der Waals surface area contributed by atoms with Crippen LogP contribution in [0, 0.1) is 5.82 Å². The van der Waals surface area contributed by atoms with E-state index in [0.717, 1.165) is 24.8 Å². The Morgan fingerprint density at radius 1 is 1.39 bits per heavy atom. The van der Waals surface area contributed by atoms with E-state index in [1.807, 2.05) is 20.0 Å². The second-order valence-corrected chi connectivity index (χ2v) is 4.90. The molecule has 2 nitrogen and oxygen atoms in total. The van der Waals surface area contributed by atoms with Gasteiger partial charge < -0.3 is 10.1 Å². The van der Waals surface area contributed by atoms with Crippen molar-refractivity contribution in [2.75, 3.05) is 14.2 Å². The Bertz CT molecular complexity index is 373. The van der Waals surface area contributed by atoms with Gasteiger partial charge in [-0.3, -0.25) is 0 Å². The predicted octanol–water partition coefficient (Wildman–Crippen LogP) is 3.42. The molecule has 1 aromatic rings. The van der Waals surface area contributed by atoms with Gasteiger partial charge in [0.05, 0.1) is 11.1 Å². The molecule has 0 radical (unpaired) electrons. The van der Waals surface area contributed by atoms with Gasteiger partial charge in [-0.1, -0.05) is 23.7 Å². The summed E-state index contributed by atoms with van der Waals surface area (Å²) >= 11 is 5.96. The van der Waals surface area contributed by atoms with E-state index in [1.54, 1.807) is 13.2 Å². The molecule has 2 atom stereocenters. The first-order valence-corrected chi connectivity index (χ1v) is 6.59. The quantitative estimate of drug-likeness (QED) is 0.822. The fourth-order valence-corrected chi connectivity index (χ4v) is 2.08. The topological polar surface area (TPSA) is 21.3 Å². The van der Waals surface area contributed by atoms with Crippen molar-refractivity contribution in [2.24, 2.45) is 0 Å². The van der Waals surface area contributed by atoms with E-state index in [1.165, 1.54) is 6.07 Å². The molecule has 1 aromatic carbocycles. The average molecular weight is 274 g/mol. The van der Waals surface area contributed by atoms with E-state index >= 15 is 0 Å². The first-order valence-electron chi connectivity index (χ1n) is 6.21. The minimum Gasteiger partial charge on any atom is -0.382 e. The fourth-order valence-electron chi connectivity index (χ4n) is 1.87. The number of likely N-dealkylation sites (N-methyl/N-ethyl adjacent to an activating group) is 1. The zero-order valence-electron chi connectivity index (χ0n) is 11.2. The Morgan fingerprint density at radius 2 is 2.11 bits per heavy atom. The smallest absolute Gasteiger partial charge is 0.142 e. The molecular formula is C14H21ClFNO. The summed E-state index contributed by atoms with van der Waals surface area (Å²) < 4.78 is 18.6. The van der Waals surface area contributed by atoms with Crippen molar-refractivity contribution < 1.29 is 9.13 Å². The van der Waals surface area contributed by atoms with Crippen molar-refractivity contribution in [2.45, 2.75) is 38.3 Å². The van der Waals surface area contributed by atoms with Gasteiger partial charge >= 0.3 is 0 Å². The van der Waals surface area contributed by atoms with Gasteiger partial charge in [0.15, 0.2) is 0 Å². The molecule has 0 amide bonds. The Labute approximate surface area is 113 Å². The number of nitrogens with one attached hydrogen (secondary N) is 1. The number of benzene rings is 1. The van der Waals surface area contributed by atoms with Crippen LogP contribution in [-0.2, 0) is 11.2 Å². The SMILES string of the molecule is CNC(CCC(C)OC)Cc1cccc(F)c1Cl. The van der Waals surface area contributed by atoms with E-state index in [2.05, 4.69) is 5.32 Å². The third-order valence-corrected chi connectivity index (χ3v) is 3.65. The summed E-state index contributed by atoms with van der Waals surface area (Å²) in [6.07, 6.45) is 2.90. The first kappa shape index (κ1) is 15.4. The Morgan fingerprint density at radius 3 is 2.72 bits per heavy atom. The Hall–Kier alpha value is -0.640. The molecule has 1 rings (SSSR count). The zero-order valence-corrected chi connectivity index (χ0v) is 11.9. The summed E-state index contributed by atoms with van der Waals surface area (Å²) in [5.74, 6) is -0.353. The summed E-state index contributed by atoms with van der Waals surface area (Å²) in [5, 5.41) is 3.47. The number of rotatable bonds is 7.